The Kier molecular flexibility index (Phi) is 5.16. The van der Waals surface area contributed by atoms with Gasteiger partial charge in [-0.15, -0.1) is 0 Å². The Bertz CT molecular complexity index is 1470. The molecule has 11 nitrogen and oxygen atoms in total. The summed E-state index contributed by atoms with van der Waals surface area (Å²) in [6.07, 6.45) is 9.00. The van der Waals surface area contributed by atoms with Gasteiger partial charge in [0, 0.05) is 36.0 Å². The van der Waals surface area contributed by atoms with Crippen LogP contribution in [-0.4, -0.2) is 45.4 Å². The van der Waals surface area contributed by atoms with Crippen molar-refractivity contribution in [3.8, 4) is 22.5 Å². The summed E-state index contributed by atoms with van der Waals surface area (Å²) >= 11 is 0. The van der Waals surface area contributed by atoms with Gasteiger partial charge in [0.05, 0.1) is 47.7 Å². The van der Waals surface area contributed by atoms with E-state index in [1.807, 2.05) is 58.4 Å². The van der Waals surface area contributed by atoms with E-state index in [1.165, 1.54) is 0 Å². The fourth-order valence-electron chi connectivity index (χ4n) is 3.37. The summed E-state index contributed by atoms with van der Waals surface area (Å²) in [7, 11) is 1.86. The van der Waals surface area contributed by atoms with Gasteiger partial charge >= 0.3 is 0 Å². The molecule has 0 aliphatic heterocycles. The van der Waals surface area contributed by atoms with E-state index in [2.05, 4.69) is 30.6 Å². The number of hydrogen-bond acceptors (Lipinski definition) is 8. The molecule has 1 amide bonds. The van der Waals surface area contributed by atoms with Crippen molar-refractivity contribution >= 4 is 11.4 Å². The van der Waals surface area contributed by atoms with Gasteiger partial charge in [0.2, 0.25) is 5.89 Å². The van der Waals surface area contributed by atoms with Gasteiger partial charge in [-0.2, -0.15) is 15.2 Å². The van der Waals surface area contributed by atoms with Crippen LogP contribution in [0.15, 0.2) is 53.7 Å². The quantitative estimate of drug-likeness (QED) is 0.427. The van der Waals surface area contributed by atoms with Crippen LogP contribution in [0.1, 0.15) is 43.0 Å². The van der Waals surface area contributed by atoms with Gasteiger partial charge in [0.25, 0.3) is 11.7 Å². The molecule has 5 heterocycles. The number of nitrogens with one attached hydrogen (secondary N) is 1. The van der Waals surface area contributed by atoms with Gasteiger partial charge in [-0.05, 0) is 18.2 Å². The number of carbonyl (C=O) groups is 1. The lowest BCUT2D eigenvalue weighted by Crippen LogP contribution is -2.24. The second kappa shape index (κ2) is 8.18. The van der Waals surface area contributed by atoms with Crippen LogP contribution >= 0.6 is 0 Å². The molecule has 5 rings (SSSR count). The first kappa shape index (κ1) is 21.4. The lowest BCUT2D eigenvalue weighted by Gasteiger charge is -2.10. The van der Waals surface area contributed by atoms with Crippen molar-refractivity contribution in [1.29, 1.82) is 0 Å². The molecule has 0 bridgehead atoms. The molecule has 0 aliphatic rings. The van der Waals surface area contributed by atoms with E-state index >= 15 is 0 Å². The molecular formula is C23H23N9O2. The molecule has 11 heteroatoms. The van der Waals surface area contributed by atoms with E-state index in [0.29, 0.717) is 11.6 Å². The zero-order valence-corrected chi connectivity index (χ0v) is 19.2. The highest BCUT2D eigenvalue weighted by molar-refractivity contribution is 5.90. The molecule has 1 N–H and O–H groups in total. The molecule has 0 spiro atoms. The third-order valence-electron chi connectivity index (χ3n) is 5.19. The van der Waals surface area contributed by atoms with Gasteiger partial charge in [0.15, 0.2) is 0 Å². The predicted octanol–water partition coefficient (Wildman–Crippen LogP) is 2.80. The summed E-state index contributed by atoms with van der Waals surface area (Å²) in [5.74, 6) is -0.00894. The molecule has 0 atom stereocenters. The SMILES string of the molecule is Cn1cc(-c2cn3nccc3c(-c3ccc(CNC(=O)c4noc(C(C)(C)C)n4)nc3)n2)cn1. The van der Waals surface area contributed by atoms with Crippen molar-refractivity contribution < 1.29 is 9.32 Å². The number of fused-ring (bicyclic) bond motifs is 1. The molecule has 0 unspecified atom stereocenters. The largest absolute Gasteiger partial charge is 0.344 e. The van der Waals surface area contributed by atoms with E-state index in [9.17, 15) is 4.79 Å². The van der Waals surface area contributed by atoms with Crippen LogP contribution in [0.3, 0.4) is 0 Å². The molecule has 0 radical (unpaired) electrons. The molecular weight excluding hydrogens is 434 g/mol. The van der Waals surface area contributed by atoms with E-state index in [-0.39, 0.29) is 17.8 Å². The summed E-state index contributed by atoms with van der Waals surface area (Å²) in [4.78, 5) is 25.9. The minimum Gasteiger partial charge on any atom is -0.344 e. The number of amides is 1. The molecule has 34 heavy (non-hydrogen) atoms. The third kappa shape index (κ3) is 4.15. The van der Waals surface area contributed by atoms with Crippen LogP contribution in [0.5, 0.6) is 0 Å². The van der Waals surface area contributed by atoms with E-state index < -0.39 is 5.91 Å². The lowest BCUT2D eigenvalue weighted by atomic mass is 9.97. The maximum absolute atomic E-state index is 12.4. The van der Waals surface area contributed by atoms with Crippen molar-refractivity contribution in [3.05, 3.63) is 66.6 Å². The normalized spacial score (nSPS) is 11.8. The molecule has 0 saturated carbocycles. The van der Waals surface area contributed by atoms with E-state index in [4.69, 9.17) is 9.51 Å². The molecule has 5 aromatic heterocycles. The van der Waals surface area contributed by atoms with Crippen LogP contribution < -0.4 is 5.32 Å². The van der Waals surface area contributed by atoms with Crippen LogP contribution in [0.2, 0.25) is 0 Å². The zero-order chi connectivity index (χ0) is 23.9. The number of hydrogen-bond donors (Lipinski definition) is 1. The summed E-state index contributed by atoms with van der Waals surface area (Å²) in [6, 6.07) is 5.67. The van der Waals surface area contributed by atoms with Crippen LogP contribution in [0, 0.1) is 0 Å². The molecule has 0 aliphatic carbocycles. The molecule has 0 aromatic carbocycles. The van der Waals surface area contributed by atoms with Crippen molar-refractivity contribution in [2.24, 2.45) is 7.05 Å². The van der Waals surface area contributed by atoms with Crippen molar-refractivity contribution in [2.45, 2.75) is 32.7 Å². The predicted molar refractivity (Wildman–Crippen MR) is 123 cm³/mol. The Morgan fingerprint density at radius 1 is 1.06 bits per heavy atom. The number of nitrogens with zero attached hydrogens (tertiary/aromatic N) is 8. The van der Waals surface area contributed by atoms with Crippen LogP contribution in [0.4, 0.5) is 0 Å². The van der Waals surface area contributed by atoms with Gasteiger partial charge in [-0.25, -0.2) is 9.50 Å². The number of carbonyl (C=O) groups excluding carboxylic acids is 1. The van der Waals surface area contributed by atoms with Gasteiger partial charge in [-0.1, -0.05) is 25.9 Å². The summed E-state index contributed by atoms with van der Waals surface area (Å²) in [5, 5.41) is 15.1. The average molecular weight is 457 g/mol. The first-order chi connectivity index (χ1) is 16.3. The van der Waals surface area contributed by atoms with E-state index in [0.717, 1.165) is 28.0 Å². The van der Waals surface area contributed by atoms with Crippen molar-refractivity contribution in [2.75, 3.05) is 0 Å². The molecule has 0 saturated heterocycles. The Labute approximate surface area is 194 Å². The fraction of sp³-hybridized carbons (Fsp3) is 0.261. The van der Waals surface area contributed by atoms with Crippen molar-refractivity contribution in [1.82, 2.24) is 44.8 Å². The monoisotopic (exact) mass is 457 g/mol. The highest BCUT2D eigenvalue weighted by atomic mass is 16.5. The summed E-state index contributed by atoms with van der Waals surface area (Å²) in [6.45, 7) is 6.04. The molecule has 5 aromatic rings. The standard InChI is InChI=1S/C23H23N9O2/c1-23(2,3)22-29-20(30-34-22)21(33)25-11-16-6-5-14(9-24-16)19-18-7-8-26-32(18)13-17(28-19)15-10-27-31(4)12-15/h5-10,12-13H,11H2,1-4H3,(H,25,33). The fourth-order valence-corrected chi connectivity index (χ4v) is 3.37. The number of pyridine rings is 1. The highest BCUT2D eigenvalue weighted by Crippen LogP contribution is 2.26. The second-order valence-electron chi connectivity index (χ2n) is 8.93. The maximum Gasteiger partial charge on any atom is 0.293 e. The van der Waals surface area contributed by atoms with E-state index in [1.54, 1.807) is 27.8 Å². The first-order valence-electron chi connectivity index (χ1n) is 10.7. The average Bonchev–Trinajstić information content (AvgIpc) is 3.57. The Morgan fingerprint density at radius 3 is 2.59 bits per heavy atom. The Hall–Kier alpha value is -4.41. The minimum absolute atomic E-state index is 0.00101. The number of aromatic nitrogens is 8. The smallest absolute Gasteiger partial charge is 0.293 e. The Morgan fingerprint density at radius 2 is 1.91 bits per heavy atom. The second-order valence-corrected chi connectivity index (χ2v) is 8.93. The zero-order valence-electron chi connectivity index (χ0n) is 19.2. The van der Waals surface area contributed by atoms with Crippen molar-refractivity contribution in [3.63, 3.8) is 0 Å². The van der Waals surface area contributed by atoms with Gasteiger partial charge < -0.3 is 9.84 Å². The highest BCUT2D eigenvalue weighted by Gasteiger charge is 2.24. The maximum atomic E-state index is 12.4. The molecule has 0 fully saturated rings. The minimum atomic E-state index is -0.420. The topological polar surface area (TPSA) is 129 Å². The Balaban J connectivity index is 1.35. The third-order valence-corrected chi connectivity index (χ3v) is 5.19. The van der Waals surface area contributed by atoms with Gasteiger partial charge in [0.1, 0.15) is 0 Å². The number of rotatable bonds is 5. The van der Waals surface area contributed by atoms with Crippen LogP contribution in [-0.2, 0) is 19.0 Å². The van der Waals surface area contributed by atoms with Crippen LogP contribution in [0.25, 0.3) is 28.0 Å². The number of aryl methyl sites for hydroxylation is 1. The van der Waals surface area contributed by atoms with Gasteiger partial charge in [-0.3, -0.25) is 14.5 Å². The molecule has 172 valence electrons. The summed E-state index contributed by atoms with van der Waals surface area (Å²) < 4.78 is 8.70. The first-order valence-corrected chi connectivity index (χ1v) is 10.7. The lowest BCUT2D eigenvalue weighted by molar-refractivity contribution is 0.0937. The summed E-state index contributed by atoms with van der Waals surface area (Å²) in [5.41, 5.74) is 4.45.